The van der Waals surface area contributed by atoms with Crippen molar-refractivity contribution in [2.75, 3.05) is 33.9 Å². The number of ether oxygens (including phenoxy) is 2. The van der Waals surface area contributed by atoms with Crippen molar-refractivity contribution in [1.29, 1.82) is 0 Å². The van der Waals surface area contributed by atoms with Gasteiger partial charge >= 0.3 is 5.97 Å². The molecular formula is C8H17NO4. The van der Waals surface area contributed by atoms with Crippen LogP contribution in [0.3, 0.4) is 0 Å². The number of aliphatic carboxylic acids is 1. The second kappa shape index (κ2) is 7.97. The molecule has 1 unspecified atom stereocenters. The fourth-order valence-corrected chi connectivity index (χ4v) is 0.855. The van der Waals surface area contributed by atoms with E-state index in [-0.39, 0.29) is 12.5 Å². The molecule has 0 heterocycles. The highest BCUT2D eigenvalue weighted by Gasteiger charge is 2.05. The predicted octanol–water partition coefficient (Wildman–Crippen LogP) is -0.288. The van der Waals surface area contributed by atoms with Crippen LogP contribution in [-0.2, 0) is 14.3 Å². The zero-order chi connectivity index (χ0) is 10.1. The van der Waals surface area contributed by atoms with Gasteiger partial charge in [-0.3, -0.25) is 4.79 Å². The summed E-state index contributed by atoms with van der Waals surface area (Å²) in [6.45, 7) is 1.58. The molecular weight excluding hydrogens is 174 g/mol. The van der Waals surface area contributed by atoms with Crippen LogP contribution in [0.5, 0.6) is 0 Å². The second-order valence-corrected chi connectivity index (χ2v) is 2.66. The molecule has 5 nitrogen and oxygen atoms in total. The van der Waals surface area contributed by atoms with E-state index in [1.165, 1.54) is 0 Å². The normalized spacial score (nSPS) is 12.8. The number of methoxy groups -OCH3 is 2. The van der Waals surface area contributed by atoms with Crippen molar-refractivity contribution >= 4 is 5.97 Å². The first kappa shape index (κ1) is 12.3. The Morgan fingerprint density at radius 2 is 2.23 bits per heavy atom. The second-order valence-electron chi connectivity index (χ2n) is 2.66. The first-order valence-corrected chi connectivity index (χ1v) is 4.15. The van der Waals surface area contributed by atoms with Gasteiger partial charge in [0.05, 0.1) is 19.1 Å². The van der Waals surface area contributed by atoms with Gasteiger partial charge in [-0.05, 0) is 0 Å². The minimum atomic E-state index is -0.798. The summed E-state index contributed by atoms with van der Waals surface area (Å²) in [5, 5.41) is 11.3. The Morgan fingerprint density at radius 1 is 1.54 bits per heavy atom. The molecule has 0 rings (SSSR count). The lowest BCUT2D eigenvalue weighted by molar-refractivity contribution is -0.136. The summed E-state index contributed by atoms with van der Waals surface area (Å²) in [5.74, 6) is -0.798. The molecule has 0 fully saturated rings. The van der Waals surface area contributed by atoms with Crippen LogP contribution in [0.1, 0.15) is 6.42 Å². The van der Waals surface area contributed by atoms with Crippen molar-refractivity contribution in [1.82, 2.24) is 5.32 Å². The monoisotopic (exact) mass is 191 g/mol. The summed E-state index contributed by atoms with van der Waals surface area (Å²) in [7, 11) is 3.20. The Balaban J connectivity index is 3.32. The molecule has 0 aromatic rings. The molecule has 0 bridgehead atoms. The molecule has 0 saturated heterocycles. The molecule has 0 spiro atoms. The van der Waals surface area contributed by atoms with Gasteiger partial charge in [0.25, 0.3) is 0 Å². The lowest BCUT2D eigenvalue weighted by Crippen LogP contribution is -2.32. The van der Waals surface area contributed by atoms with Gasteiger partial charge in [-0.2, -0.15) is 0 Å². The summed E-state index contributed by atoms with van der Waals surface area (Å²) < 4.78 is 9.95. The topological polar surface area (TPSA) is 67.8 Å². The van der Waals surface area contributed by atoms with Crippen LogP contribution in [0, 0.1) is 0 Å². The highest BCUT2D eigenvalue weighted by molar-refractivity contribution is 5.66. The number of carbonyl (C=O) groups is 1. The van der Waals surface area contributed by atoms with Gasteiger partial charge in [0.15, 0.2) is 0 Å². The largest absolute Gasteiger partial charge is 0.481 e. The lowest BCUT2D eigenvalue weighted by atomic mass is 10.3. The molecule has 0 radical (unpaired) electrons. The Bertz CT molecular complexity index is 140. The first-order valence-electron chi connectivity index (χ1n) is 4.15. The van der Waals surface area contributed by atoms with Crippen LogP contribution in [0.15, 0.2) is 0 Å². The Morgan fingerprint density at radius 3 is 2.69 bits per heavy atom. The molecule has 0 aliphatic rings. The molecule has 0 aromatic heterocycles. The third kappa shape index (κ3) is 7.70. The van der Waals surface area contributed by atoms with Crippen LogP contribution in [0.4, 0.5) is 0 Å². The smallest absolute Gasteiger partial charge is 0.304 e. The van der Waals surface area contributed by atoms with Gasteiger partial charge in [0, 0.05) is 27.3 Å². The van der Waals surface area contributed by atoms with Gasteiger partial charge in [-0.25, -0.2) is 0 Å². The fourth-order valence-electron chi connectivity index (χ4n) is 0.855. The Hall–Kier alpha value is -0.650. The van der Waals surface area contributed by atoms with Gasteiger partial charge in [0.1, 0.15) is 0 Å². The average molecular weight is 191 g/mol. The van der Waals surface area contributed by atoms with Crippen molar-refractivity contribution in [3.63, 3.8) is 0 Å². The maximum absolute atomic E-state index is 10.1. The maximum atomic E-state index is 10.1. The minimum Gasteiger partial charge on any atom is -0.481 e. The number of carboxylic acids is 1. The number of hydrogen-bond donors (Lipinski definition) is 2. The molecule has 78 valence electrons. The highest BCUT2D eigenvalue weighted by atomic mass is 16.5. The van der Waals surface area contributed by atoms with E-state index in [4.69, 9.17) is 14.6 Å². The molecule has 0 aliphatic heterocycles. The molecule has 0 amide bonds. The molecule has 2 N–H and O–H groups in total. The quantitative estimate of drug-likeness (QED) is 0.516. The first-order chi connectivity index (χ1) is 6.20. The van der Waals surface area contributed by atoms with Crippen molar-refractivity contribution < 1.29 is 19.4 Å². The van der Waals surface area contributed by atoms with Gasteiger partial charge in [-0.1, -0.05) is 0 Å². The number of hydrogen-bond acceptors (Lipinski definition) is 4. The third-order valence-electron chi connectivity index (χ3n) is 1.57. The van der Waals surface area contributed by atoms with E-state index < -0.39 is 5.97 Å². The predicted molar refractivity (Wildman–Crippen MR) is 47.8 cm³/mol. The van der Waals surface area contributed by atoms with E-state index in [1.807, 2.05) is 0 Å². The molecule has 0 saturated carbocycles. The van der Waals surface area contributed by atoms with E-state index in [2.05, 4.69) is 5.32 Å². The summed E-state index contributed by atoms with van der Waals surface area (Å²) in [4.78, 5) is 10.1. The SMILES string of the molecule is COCC(CNCCC(=O)O)OC. The standard InChI is InChI=1S/C8H17NO4/c1-12-6-7(13-2)5-9-4-3-8(10)11/h7,9H,3-6H2,1-2H3,(H,10,11). The van der Waals surface area contributed by atoms with Crippen LogP contribution >= 0.6 is 0 Å². The van der Waals surface area contributed by atoms with Crippen molar-refractivity contribution in [2.45, 2.75) is 12.5 Å². The molecule has 5 heteroatoms. The van der Waals surface area contributed by atoms with Crippen LogP contribution in [0.2, 0.25) is 0 Å². The lowest BCUT2D eigenvalue weighted by Gasteiger charge is -2.14. The number of nitrogens with one attached hydrogen (secondary N) is 1. The highest BCUT2D eigenvalue weighted by Crippen LogP contribution is 1.88. The van der Waals surface area contributed by atoms with Gasteiger partial charge in [0.2, 0.25) is 0 Å². The minimum absolute atomic E-state index is 0.0150. The van der Waals surface area contributed by atoms with Crippen molar-refractivity contribution in [3.05, 3.63) is 0 Å². The zero-order valence-corrected chi connectivity index (χ0v) is 8.08. The summed E-state index contributed by atoms with van der Waals surface area (Å²) >= 11 is 0. The van der Waals surface area contributed by atoms with E-state index in [0.717, 1.165) is 0 Å². The summed E-state index contributed by atoms with van der Waals surface area (Å²) in [6, 6.07) is 0. The average Bonchev–Trinajstić information content (AvgIpc) is 2.10. The fraction of sp³-hybridized carbons (Fsp3) is 0.875. The number of carboxylic acid groups (broad SMARTS) is 1. The van der Waals surface area contributed by atoms with Crippen molar-refractivity contribution in [3.8, 4) is 0 Å². The summed E-state index contributed by atoms with van der Waals surface area (Å²) in [6.07, 6.45) is 0.113. The van der Waals surface area contributed by atoms with Gasteiger partial charge in [-0.15, -0.1) is 0 Å². The molecule has 0 aliphatic carbocycles. The van der Waals surface area contributed by atoms with E-state index in [0.29, 0.717) is 19.7 Å². The molecule has 1 atom stereocenters. The van der Waals surface area contributed by atoms with E-state index >= 15 is 0 Å². The summed E-state index contributed by atoms with van der Waals surface area (Å²) in [5.41, 5.74) is 0. The zero-order valence-electron chi connectivity index (χ0n) is 8.08. The molecule has 13 heavy (non-hydrogen) atoms. The van der Waals surface area contributed by atoms with Gasteiger partial charge < -0.3 is 19.9 Å². The van der Waals surface area contributed by atoms with E-state index in [1.54, 1.807) is 14.2 Å². The Labute approximate surface area is 78.0 Å². The van der Waals surface area contributed by atoms with Crippen LogP contribution in [0.25, 0.3) is 0 Å². The number of rotatable bonds is 8. The van der Waals surface area contributed by atoms with Crippen molar-refractivity contribution in [2.24, 2.45) is 0 Å². The Kier molecular flexibility index (Phi) is 7.57. The van der Waals surface area contributed by atoms with E-state index in [9.17, 15) is 4.79 Å². The molecule has 0 aromatic carbocycles. The third-order valence-corrected chi connectivity index (χ3v) is 1.57. The van der Waals surface area contributed by atoms with Crippen LogP contribution in [-0.4, -0.2) is 51.1 Å². The maximum Gasteiger partial charge on any atom is 0.304 e. The van der Waals surface area contributed by atoms with Crippen LogP contribution < -0.4 is 5.32 Å².